The summed E-state index contributed by atoms with van der Waals surface area (Å²) in [6, 6.07) is 5.50. The van der Waals surface area contributed by atoms with Crippen LogP contribution in [0.15, 0.2) is 30.6 Å². The van der Waals surface area contributed by atoms with Crippen LogP contribution in [0.4, 0.5) is 0 Å². The number of aromatic amines is 2. The van der Waals surface area contributed by atoms with Crippen molar-refractivity contribution in [2.75, 3.05) is 27.3 Å². The van der Waals surface area contributed by atoms with Crippen molar-refractivity contribution < 1.29 is 14.3 Å². The zero-order valence-electron chi connectivity index (χ0n) is 16.8. The second-order valence-corrected chi connectivity index (χ2v) is 7.40. The molecule has 3 aromatic heterocycles. The van der Waals surface area contributed by atoms with Crippen LogP contribution in [0.1, 0.15) is 34.9 Å². The summed E-state index contributed by atoms with van der Waals surface area (Å²) >= 11 is 0. The fourth-order valence-electron chi connectivity index (χ4n) is 4.25. The summed E-state index contributed by atoms with van der Waals surface area (Å²) in [5.74, 6) is 1.46. The van der Waals surface area contributed by atoms with Gasteiger partial charge in [-0.25, -0.2) is 9.97 Å². The highest BCUT2D eigenvalue weighted by atomic mass is 16.5. The van der Waals surface area contributed by atoms with Gasteiger partial charge in [0.05, 0.1) is 25.4 Å². The van der Waals surface area contributed by atoms with E-state index in [-0.39, 0.29) is 11.8 Å². The van der Waals surface area contributed by atoms with E-state index in [1.807, 2.05) is 23.1 Å². The number of carbonyl (C=O) groups excluding carboxylic acids is 1. The van der Waals surface area contributed by atoms with E-state index in [1.54, 1.807) is 26.6 Å². The highest BCUT2D eigenvalue weighted by Crippen LogP contribution is 2.34. The summed E-state index contributed by atoms with van der Waals surface area (Å²) in [6.07, 6.45) is 5.16. The van der Waals surface area contributed by atoms with Gasteiger partial charge < -0.3 is 19.4 Å². The first kappa shape index (κ1) is 18.4. The Morgan fingerprint density at radius 1 is 1.17 bits per heavy atom. The third-order valence-electron chi connectivity index (χ3n) is 5.72. The number of hydrogen-bond acceptors (Lipinski definition) is 6. The van der Waals surface area contributed by atoms with Crippen molar-refractivity contribution in [3.8, 4) is 11.5 Å². The molecule has 0 bridgehead atoms. The van der Waals surface area contributed by atoms with Crippen molar-refractivity contribution in [2.24, 2.45) is 0 Å². The second-order valence-electron chi connectivity index (χ2n) is 7.40. The number of benzene rings is 1. The van der Waals surface area contributed by atoms with E-state index in [0.717, 1.165) is 35.0 Å². The molecule has 1 atom stereocenters. The molecule has 5 rings (SSSR count). The Hall–Kier alpha value is -3.62. The SMILES string of the molecule is COc1ccc(OC)c2[nH]c(C(=O)N3CCC[C@H](c4[nH]nc5nccnc45)C3)cc12. The first-order chi connectivity index (χ1) is 14.7. The Kier molecular flexibility index (Phi) is 4.50. The first-order valence-electron chi connectivity index (χ1n) is 9.87. The quantitative estimate of drug-likeness (QED) is 0.539. The van der Waals surface area contributed by atoms with Gasteiger partial charge in [0.2, 0.25) is 0 Å². The molecule has 4 aromatic rings. The Bertz CT molecular complexity index is 1190. The minimum atomic E-state index is -0.0464. The number of methoxy groups -OCH3 is 2. The lowest BCUT2D eigenvalue weighted by molar-refractivity contribution is 0.0701. The van der Waals surface area contributed by atoms with Crippen LogP contribution in [0.5, 0.6) is 11.5 Å². The van der Waals surface area contributed by atoms with Crippen molar-refractivity contribution in [3.63, 3.8) is 0 Å². The van der Waals surface area contributed by atoms with E-state index in [9.17, 15) is 4.79 Å². The van der Waals surface area contributed by atoms with E-state index in [4.69, 9.17) is 9.47 Å². The number of piperidine rings is 1. The van der Waals surface area contributed by atoms with Crippen LogP contribution in [-0.2, 0) is 0 Å². The minimum absolute atomic E-state index is 0.0464. The third-order valence-corrected chi connectivity index (χ3v) is 5.72. The van der Waals surface area contributed by atoms with Gasteiger partial charge in [0, 0.05) is 36.8 Å². The second kappa shape index (κ2) is 7.33. The molecule has 0 aliphatic carbocycles. The number of carbonyl (C=O) groups is 1. The normalized spacial score (nSPS) is 16.9. The topological polar surface area (TPSA) is 109 Å². The molecule has 9 nitrogen and oxygen atoms in total. The van der Waals surface area contributed by atoms with Crippen molar-refractivity contribution in [2.45, 2.75) is 18.8 Å². The van der Waals surface area contributed by atoms with Crippen LogP contribution in [-0.4, -0.2) is 63.3 Å². The fourth-order valence-corrected chi connectivity index (χ4v) is 4.25. The van der Waals surface area contributed by atoms with Crippen LogP contribution in [0.25, 0.3) is 22.1 Å². The predicted octanol–water partition coefficient (Wildman–Crippen LogP) is 2.87. The Morgan fingerprint density at radius 3 is 2.80 bits per heavy atom. The summed E-state index contributed by atoms with van der Waals surface area (Å²) in [5, 5.41) is 8.16. The molecule has 9 heteroatoms. The monoisotopic (exact) mass is 406 g/mol. The molecule has 1 saturated heterocycles. The van der Waals surface area contributed by atoms with E-state index >= 15 is 0 Å². The van der Waals surface area contributed by atoms with Gasteiger partial charge in [-0.05, 0) is 31.0 Å². The summed E-state index contributed by atoms with van der Waals surface area (Å²) < 4.78 is 10.9. The predicted molar refractivity (Wildman–Crippen MR) is 111 cm³/mol. The van der Waals surface area contributed by atoms with Crippen molar-refractivity contribution in [1.29, 1.82) is 0 Å². The number of H-pyrrole nitrogens is 2. The molecule has 1 amide bonds. The highest BCUT2D eigenvalue weighted by molar-refractivity contribution is 6.01. The van der Waals surface area contributed by atoms with Gasteiger partial charge in [-0.3, -0.25) is 9.89 Å². The lowest BCUT2D eigenvalue weighted by Crippen LogP contribution is -2.39. The van der Waals surface area contributed by atoms with Gasteiger partial charge in [-0.2, -0.15) is 5.10 Å². The van der Waals surface area contributed by atoms with Crippen LogP contribution in [0.3, 0.4) is 0 Å². The number of fused-ring (bicyclic) bond motifs is 2. The smallest absolute Gasteiger partial charge is 0.270 e. The maximum atomic E-state index is 13.3. The highest BCUT2D eigenvalue weighted by Gasteiger charge is 2.29. The lowest BCUT2D eigenvalue weighted by atomic mass is 9.94. The maximum Gasteiger partial charge on any atom is 0.270 e. The average molecular weight is 406 g/mol. The van der Waals surface area contributed by atoms with Gasteiger partial charge in [-0.1, -0.05) is 0 Å². The third kappa shape index (κ3) is 2.94. The fraction of sp³-hybridized carbons (Fsp3) is 0.333. The average Bonchev–Trinajstić information content (AvgIpc) is 3.43. The summed E-state index contributed by atoms with van der Waals surface area (Å²) in [6.45, 7) is 1.30. The molecule has 154 valence electrons. The maximum absolute atomic E-state index is 13.3. The number of likely N-dealkylation sites (tertiary alicyclic amines) is 1. The molecule has 0 saturated carbocycles. The molecule has 1 aliphatic rings. The number of ether oxygens (including phenoxy) is 2. The van der Waals surface area contributed by atoms with E-state index < -0.39 is 0 Å². The number of amides is 1. The van der Waals surface area contributed by atoms with E-state index in [0.29, 0.717) is 35.9 Å². The van der Waals surface area contributed by atoms with Crippen LogP contribution >= 0.6 is 0 Å². The van der Waals surface area contributed by atoms with Gasteiger partial charge >= 0.3 is 0 Å². The molecule has 1 aromatic carbocycles. The van der Waals surface area contributed by atoms with Crippen molar-refractivity contribution >= 4 is 28.0 Å². The number of aromatic nitrogens is 5. The van der Waals surface area contributed by atoms with Crippen molar-refractivity contribution in [3.05, 3.63) is 42.0 Å². The number of nitrogens with one attached hydrogen (secondary N) is 2. The number of rotatable bonds is 4. The molecule has 0 spiro atoms. The molecule has 0 unspecified atom stereocenters. The Morgan fingerprint density at radius 2 is 1.97 bits per heavy atom. The Balaban J connectivity index is 1.45. The molecule has 1 fully saturated rings. The molecule has 2 N–H and O–H groups in total. The lowest BCUT2D eigenvalue weighted by Gasteiger charge is -2.32. The van der Waals surface area contributed by atoms with Gasteiger partial charge in [0.1, 0.15) is 22.7 Å². The zero-order valence-corrected chi connectivity index (χ0v) is 16.8. The largest absolute Gasteiger partial charge is 0.496 e. The van der Waals surface area contributed by atoms with Gasteiger partial charge in [0.15, 0.2) is 5.65 Å². The molecular weight excluding hydrogens is 384 g/mol. The molecule has 4 heterocycles. The summed E-state index contributed by atoms with van der Waals surface area (Å²) in [7, 11) is 3.22. The number of nitrogens with zero attached hydrogens (tertiary/aromatic N) is 4. The van der Waals surface area contributed by atoms with E-state index in [2.05, 4.69) is 25.1 Å². The van der Waals surface area contributed by atoms with Gasteiger partial charge in [-0.15, -0.1) is 0 Å². The minimum Gasteiger partial charge on any atom is -0.496 e. The van der Waals surface area contributed by atoms with Crippen LogP contribution in [0.2, 0.25) is 0 Å². The van der Waals surface area contributed by atoms with Crippen LogP contribution in [0, 0.1) is 0 Å². The number of hydrogen-bond donors (Lipinski definition) is 2. The summed E-state index contributed by atoms with van der Waals surface area (Å²) in [4.78, 5) is 27.1. The molecule has 1 aliphatic heterocycles. The first-order valence-corrected chi connectivity index (χ1v) is 9.87. The summed E-state index contributed by atoms with van der Waals surface area (Å²) in [5.41, 5.74) is 3.59. The molecule has 0 radical (unpaired) electrons. The van der Waals surface area contributed by atoms with Crippen LogP contribution < -0.4 is 9.47 Å². The van der Waals surface area contributed by atoms with Gasteiger partial charge in [0.25, 0.3) is 5.91 Å². The van der Waals surface area contributed by atoms with E-state index in [1.165, 1.54) is 0 Å². The Labute approximate surface area is 172 Å². The van der Waals surface area contributed by atoms with Crippen molar-refractivity contribution in [1.82, 2.24) is 30.0 Å². The molecule has 30 heavy (non-hydrogen) atoms. The molecular formula is C21H22N6O3. The standard InChI is InChI=1S/C21H22N6O3/c1-29-15-5-6-16(30-2)18-13(15)10-14(24-18)21(28)27-9-3-4-12(11-27)17-19-20(26-25-17)23-8-7-22-19/h5-8,10,12,24H,3-4,9,11H2,1-2H3,(H,23,25,26)/t12-/m0/s1. The zero-order chi connectivity index (χ0) is 20.7.